The number of hydrogen-bond donors (Lipinski definition) is 2. The van der Waals surface area contributed by atoms with Crippen molar-refractivity contribution < 1.29 is 28.1 Å². The number of fused-ring (bicyclic) bond motifs is 1. The van der Waals surface area contributed by atoms with Crippen molar-refractivity contribution in [3.63, 3.8) is 0 Å². The third-order valence-corrected chi connectivity index (χ3v) is 6.23. The summed E-state index contributed by atoms with van der Waals surface area (Å²) >= 11 is 0. The number of carboxylic acid groups (broad SMARTS) is 1. The predicted octanol–water partition coefficient (Wildman–Crippen LogP) is 5.47. The molecular formula is C28H28F3N4O2+. The number of aromatic nitrogens is 2. The summed E-state index contributed by atoms with van der Waals surface area (Å²) in [7, 11) is 0. The molecule has 0 spiro atoms. The number of piperidine rings is 1. The lowest BCUT2D eigenvalue weighted by atomic mass is 9.97. The van der Waals surface area contributed by atoms with Crippen LogP contribution >= 0.6 is 0 Å². The molecule has 2 aromatic carbocycles. The first kappa shape index (κ1) is 26.1. The number of hydrogen-bond acceptors (Lipinski definition) is 4. The molecule has 4 N–H and O–H groups in total. The number of rotatable bonds is 4. The van der Waals surface area contributed by atoms with Crippen LogP contribution in [0.4, 0.5) is 19.0 Å². The van der Waals surface area contributed by atoms with E-state index in [1.165, 1.54) is 36.0 Å². The first-order valence-electron chi connectivity index (χ1n) is 12.0. The summed E-state index contributed by atoms with van der Waals surface area (Å²) in [4.78, 5) is 20.0. The lowest BCUT2D eigenvalue weighted by molar-refractivity contribution is -0.362. The molecule has 0 atom stereocenters. The number of nitrogens with zero attached hydrogens (tertiary/aromatic N) is 2. The van der Waals surface area contributed by atoms with Gasteiger partial charge in [0, 0.05) is 23.7 Å². The highest BCUT2D eigenvalue weighted by Gasteiger charge is 2.38. The molecule has 0 amide bonds. The van der Waals surface area contributed by atoms with Crippen LogP contribution in [0.3, 0.4) is 0 Å². The molecule has 192 valence electrons. The van der Waals surface area contributed by atoms with E-state index in [1.807, 2.05) is 6.20 Å². The highest BCUT2D eigenvalue weighted by atomic mass is 19.4. The zero-order valence-electron chi connectivity index (χ0n) is 20.1. The highest BCUT2D eigenvalue weighted by Crippen LogP contribution is 2.35. The molecule has 0 radical (unpaired) electrons. The topological polar surface area (TPSA) is 93.6 Å². The van der Waals surface area contributed by atoms with Gasteiger partial charge in [0.2, 0.25) is 0 Å². The number of halogens is 3. The Kier molecular flexibility index (Phi) is 8.03. The Morgan fingerprint density at radius 2 is 1.62 bits per heavy atom. The van der Waals surface area contributed by atoms with Crippen LogP contribution in [0.2, 0.25) is 0 Å². The van der Waals surface area contributed by atoms with Gasteiger partial charge in [0.15, 0.2) is 0 Å². The van der Waals surface area contributed by atoms with Crippen LogP contribution in [0.1, 0.15) is 24.8 Å². The molecule has 0 unspecified atom stereocenters. The van der Waals surface area contributed by atoms with Gasteiger partial charge in [-0.3, -0.25) is 4.90 Å². The van der Waals surface area contributed by atoms with Crippen LogP contribution in [0.15, 0.2) is 72.9 Å². The molecule has 9 heteroatoms. The number of pyridine rings is 2. The molecule has 5 rings (SSSR count). The average molecular weight is 510 g/mol. The van der Waals surface area contributed by atoms with Crippen LogP contribution in [-0.2, 0) is 11.3 Å². The standard InChI is InChI=1S/C26H26N4.C2HF3O2/c27-18-19-9-11-21(12-10-19)25-22(20-7-3-1-4-8-20)17-23-24(29-25)13-14-28-26(23)30-15-5-2-6-16-30;3-2(4,5)1(6)7/h1,3-4,7-14,17H,2,5-6,15-16,18,27H2;(H,6,7)/p+1. The molecule has 0 saturated carbocycles. The number of alkyl halides is 3. The minimum Gasteiger partial charge on any atom is -0.475 e. The molecule has 1 aliphatic heterocycles. The van der Waals surface area contributed by atoms with Gasteiger partial charge in [0.05, 0.1) is 35.9 Å². The number of H-pyrrole nitrogens is 1. The highest BCUT2D eigenvalue weighted by molar-refractivity contribution is 5.96. The van der Waals surface area contributed by atoms with Crippen molar-refractivity contribution in [1.82, 2.24) is 4.98 Å². The minimum absolute atomic E-state index is 0.548. The number of carbonyl (C=O) groups is 1. The SMILES string of the molecule is NCc1ccc(-c2nc3cc[nH+]c(N4CCCCC4)c3cc2-c2ccccc2)cc1.O=C(O)C(F)(F)F. The van der Waals surface area contributed by atoms with Gasteiger partial charge < -0.3 is 10.8 Å². The fourth-order valence-electron chi connectivity index (χ4n) is 4.36. The van der Waals surface area contributed by atoms with E-state index in [2.05, 4.69) is 76.6 Å². The lowest BCUT2D eigenvalue weighted by Crippen LogP contribution is -2.34. The quantitative estimate of drug-likeness (QED) is 0.381. The summed E-state index contributed by atoms with van der Waals surface area (Å²) in [5.41, 5.74) is 12.4. The number of nitrogens with one attached hydrogen (secondary N) is 1. The van der Waals surface area contributed by atoms with E-state index >= 15 is 0 Å². The Morgan fingerprint density at radius 1 is 0.973 bits per heavy atom. The molecule has 2 aromatic heterocycles. The average Bonchev–Trinajstić information content (AvgIpc) is 2.93. The summed E-state index contributed by atoms with van der Waals surface area (Å²) in [5.74, 6) is -1.57. The van der Waals surface area contributed by atoms with Crippen LogP contribution in [-0.4, -0.2) is 35.3 Å². The van der Waals surface area contributed by atoms with Crippen LogP contribution in [0.25, 0.3) is 33.3 Å². The molecule has 6 nitrogen and oxygen atoms in total. The summed E-state index contributed by atoms with van der Waals surface area (Å²) in [6.45, 7) is 2.74. The maximum absolute atomic E-state index is 10.6. The molecule has 3 heterocycles. The van der Waals surface area contributed by atoms with Gasteiger partial charge in [-0.25, -0.2) is 14.8 Å². The summed E-state index contributed by atoms with van der Waals surface area (Å²) in [6, 6.07) is 23.4. The van der Waals surface area contributed by atoms with E-state index in [1.54, 1.807) is 0 Å². The third-order valence-electron chi connectivity index (χ3n) is 6.23. The van der Waals surface area contributed by atoms with Gasteiger partial charge in [0.1, 0.15) is 0 Å². The Hall–Kier alpha value is -3.98. The molecule has 37 heavy (non-hydrogen) atoms. The number of carboxylic acids is 1. The van der Waals surface area contributed by atoms with Crippen molar-refractivity contribution in [2.75, 3.05) is 18.0 Å². The van der Waals surface area contributed by atoms with Crippen molar-refractivity contribution in [3.05, 3.63) is 78.5 Å². The number of anilines is 1. The van der Waals surface area contributed by atoms with Crippen molar-refractivity contribution >= 4 is 22.7 Å². The second-order valence-corrected chi connectivity index (χ2v) is 8.76. The zero-order valence-corrected chi connectivity index (χ0v) is 20.1. The van der Waals surface area contributed by atoms with Gasteiger partial charge >= 0.3 is 12.1 Å². The number of benzene rings is 2. The van der Waals surface area contributed by atoms with E-state index in [0.717, 1.165) is 41.0 Å². The van der Waals surface area contributed by atoms with Crippen molar-refractivity contribution in [1.29, 1.82) is 0 Å². The normalized spacial score (nSPS) is 13.7. The molecular weight excluding hydrogens is 481 g/mol. The molecule has 1 fully saturated rings. The van der Waals surface area contributed by atoms with E-state index in [0.29, 0.717) is 6.54 Å². The summed E-state index contributed by atoms with van der Waals surface area (Å²) < 4.78 is 31.7. The van der Waals surface area contributed by atoms with Crippen LogP contribution < -0.4 is 15.6 Å². The first-order valence-corrected chi connectivity index (χ1v) is 12.0. The third kappa shape index (κ3) is 6.24. The molecule has 0 bridgehead atoms. The molecule has 1 saturated heterocycles. The van der Waals surface area contributed by atoms with Gasteiger partial charge in [-0.2, -0.15) is 13.2 Å². The summed E-state index contributed by atoms with van der Waals surface area (Å²) in [5, 5.41) is 8.31. The van der Waals surface area contributed by atoms with Crippen LogP contribution in [0, 0.1) is 0 Å². The largest absolute Gasteiger partial charge is 0.490 e. The fourth-order valence-corrected chi connectivity index (χ4v) is 4.36. The number of aromatic amines is 1. The van der Waals surface area contributed by atoms with Crippen molar-refractivity contribution in [2.45, 2.75) is 32.0 Å². The van der Waals surface area contributed by atoms with Crippen molar-refractivity contribution in [2.24, 2.45) is 5.73 Å². The van der Waals surface area contributed by atoms with Gasteiger partial charge in [-0.15, -0.1) is 0 Å². The number of aliphatic carboxylic acids is 1. The van der Waals surface area contributed by atoms with Crippen molar-refractivity contribution in [3.8, 4) is 22.4 Å². The van der Waals surface area contributed by atoms with E-state index in [9.17, 15) is 13.2 Å². The minimum atomic E-state index is -5.08. The van der Waals surface area contributed by atoms with Crippen LogP contribution in [0.5, 0.6) is 0 Å². The van der Waals surface area contributed by atoms with E-state index in [-0.39, 0.29) is 0 Å². The second-order valence-electron chi connectivity index (χ2n) is 8.76. The Morgan fingerprint density at radius 3 is 2.22 bits per heavy atom. The maximum atomic E-state index is 10.6. The Bertz CT molecular complexity index is 1350. The Labute approximate surface area is 212 Å². The molecule has 1 aliphatic rings. The zero-order chi connectivity index (χ0) is 26.4. The lowest BCUT2D eigenvalue weighted by Gasteiger charge is -2.22. The van der Waals surface area contributed by atoms with Gasteiger partial charge in [0.25, 0.3) is 5.82 Å². The monoisotopic (exact) mass is 509 g/mol. The Balaban J connectivity index is 0.000000405. The fraction of sp³-hybridized carbons (Fsp3) is 0.250. The van der Waals surface area contributed by atoms with Gasteiger partial charge in [-0.1, -0.05) is 54.6 Å². The molecule has 4 aromatic rings. The van der Waals surface area contributed by atoms with E-state index in [4.69, 9.17) is 20.6 Å². The smallest absolute Gasteiger partial charge is 0.475 e. The first-order chi connectivity index (χ1) is 17.8. The number of nitrogens with two attached hydrogens (primary N) is 1. The predicted molar refractivity (Wildman–Crippen MR) is 137 cm³/mol. The summed E-state index contributed by atoms with van der Waals surface area (Å²) in [6.07, 6.45) is 0.740. The molecule has 0 aliphatic carbocycles. The maximum Gasteiger partial charge on any atom is 0.490 e. The van der Waals surface area contributed by atoms with E-state index < -0.39 is 12.1 Å². The second kappa shape index (κ2) is 11.4. The van der Waals surface area contributed by atoms with Gasteiger partial charge in [-0.05, 0) is 36.5 Å².